The van der Waals surface area contributed by atoms with Gasteiger partial charge in [-0.2, -0.15) is 0 Å². The van der Waals surface area contributed by atoms with Crippen molar-refractivity contribution in [3.05, 3.63) is 35.9 Å². The highest BCUT2D eigenvalue weighted by Gasteiger charge is 2.39. The third-order valence-corrected chi connectivity index (χ3v) is 6.24. The molecule has 0 aliphatic carbocycles. The van der Waals surface area contributed by atoms with E-state index in [0.29, 0.717) is 13.0 Å². The molecule has 0 spiro atoms. The summed E-state index contributed by atoms with van der Waals surface area (Å²) in [7, 11) is -3.35. The summed E-state index contributed by atoms with van der Waals surface area (Å²) in [5.74, 6) is -1.02. The van der Waals surface area contributed by atoms with Crippen molar-refractivity contribution in [3.63, 3.8) is 0 Å². The van der Waals surface area contributed by atoms with E-state index in [1.807, 2.05) is 18.2 Å². The lowest BCUT2D eigenvalue weighted by Crippen LogP contribution is -2.48. The maximum Gasteiger partial charge on any atom is 0.303 e. The molecule has 0 N–H and O–H groups in total. The van der Waals surface area contributed by atoms with Crippen LogP contribution in [0.3, 0.4) is 0 Å². The predicted molar refractivity (Wildman–Crippen MR) is 90.0 cm³/mol. The van der Waals surface area contributed by atoms with Gasteiger partial charge in [0, 0.05) is 20.0 Å². The van der Waals surface area contributed by atoms with E-state index in [4.69, 9.17) is 4.74 Å². The second-order valence-electron chi connectivity index (χ2n) is 6.45. The lowest BCUT2D eigenvalue weighted by atomic mass is 10.1. The molecule has 0 saturated carbocycles. The van der Waals surface area contributed by atoms with E-state index in [2.05, 4.69) is 0 Å². The van der Waals surface area contributed by atoms with Crippen LogP contribution < -0.4 is 0 Å². The molecular weight excluding hydrogens is 330 g/mol. The van der Waals surface area contributed by atoms with Gasteiger partial charge in [0.05, 0.1) is 11.0 Å². The van der Waals surface area contributed by atoms with Gasteiger partial charge >= 0.3 is 5.97 Å². The summed E-state index contributed by atoms with van der Waals surface area (Å²) in [5, 5.41) is -0.617. The van der Waals surface area contributed by atoms with Crippen molar-refractivity contribution in [2.75, 3.05) is 18.8 Å². The molecule has 1 aliphatic heterocycles. The number of nitrogens with zero attached hydrogens (tertiary/aromatic N) is 1. The Morgan fingerprint density at radius 2 is 1.79 bits per heavy atom. The van der Waals surface area contributed by atoms with Crippen LogP contribution in [-0.4, -0.2) is 49.6 Å². The number of ether oxygens (including phenoxy) is 1. The summed E-state index contributed by atoms with van der Waals surface area (Å²) in [6, 6.07) is 9.04. The van der Waals surface area contributed by atoms with E-state index >= 15 is 0 Å². The number of benzene rings is 1. The Labute approximate surface area is 142 Å². The summed E-state index contributed by atoms with van der Waals surface area (Å²) >= 11 is 0. The van der Waals surface area contributed by atoms with Crippen LogP contribution in [-0.2, 0) is 24.2 Å². The Bertz CT molecular complexity index is 712. The van der Waals surface area contributed by atoms with E-state index in [1.54, 1.807) is 12.1 Å². The molecule has 1 saturated heterocycles. The molecule has 0 aromatic heterocycles. The monoisotopic (exact) mass is 353 g/mol. The number of amides is 1. The maximum absolute atomic E-state index is 12.6. The van der Waals surface area contributed by atoms with Crippen molar-refractivity contribution >= 4 is 21.7 Å². The molecule has 0 unspecified atom stereocenters. The van der Waals surface area contributed by atoms with Crippen LogP contribution in [0.5, 0.6) is 0 Å². The fourth-order valence-corrected chi connectivity index (χ4v) is 4.77. The zero-order valence-corrected chi connectivity index (χ0v) is 15.0. The van der Waals surface area contributed by atoms with Crippen molar-refractivity contribution in [1.82, 2.24) is 4.90 Å². The van der Waals surface area contributed by atoms with Crippen molar-refractivity contribution in [1.29, 1.82) is 0 Å². The molecule has 0 radical (unpaired) electrons. The summed E-state index contributed by atoms with van der Waals surface area (Å²) in [6.07, 6.45) is 0.328. The first kappa shape index (κ1) is 18.4. The van der Waals surface area contributed by atoms with Crippen molar-refractivity contribution in [2.24, 2.45) is 0 Å². The molecule has 24 heavy (non-hydrogen) atoms. The standard InChI is InChI=1S/C17H23NO5S/c1-13(19)23-17(2,3)16(20)18-10-9-15(24(21,22)12-11-18)14-7-5-4-6-8-14/h4-8,15H,9-12H2,1-3H3/t15-/m0/s1. The van der Waals surface area contributed by atoms with Crippen molar-refractivity contribution in [2.45, 2.75) is 38.0 Å². The van der Waals surface area contributed by atoms with Crippen LogP contribution in [0.4, 0.5) is 0 Å². The minimum Gasteiger partial charge on any atom is -0.450 e. The summed E-state index contributed by atoms with van der Waals surface area (Å²) in [5.41, 5.74) is -0.562. The number of carbonyl (C=O) groups is 2. The van der Waals surface area contributed by atoms with E-state index < -0.39 is 26.7 Å². The first-order valence-corrected chi connectivity index (χ1v) is 9.60. The van der Waals surface area contributed by atoms with Gasteiger partial charge in [-0.15, -0.1) is 0 Å². The summed E-state index contributed by atoms with van der Waals surface area (Å²) in [4.78, 5) is 25.3. The molecule has 1 amide bonds. The van der Waals surface area contributed by atoms with E-state index in [-0.39, 0.29) is 18.2 Å². The van der Waals surface area contributed by atoms with Gasteiger partial charge in [0.2, 0.25) is 0 Å². The third-order valence-electron chi connectivity index (χ3n) is 4.11. The summed E-state index contributed by atoms with van der Waals surface area (Å²) in [6.45, 7) is 4.69. The van der Waals surface area contributed by atoms with Gasteiger partial charge in [0.1, 0.15) is 0 Å². The number of esters is 1. The smallest absolute Gasteiger partial charge is 0.303 e. The molecule has 132 valence electrons. The van der Waals surface area contributed by atoms with Crippen molar-refractivity contribution in [3.8, 4) is 0 Å². The Morgan fingerprint density at radius 3 is 2.38 bits per heavy atom. The topological polar surface area (TPSA) is 80.8 Å². The molecule has 0 bridgehead atoms. The van der Waals surface area contributed by atoms with Gasteiger partial charge in [-0.1, -0.05) is 30.3 Å². The summed E-state index contributed by atoms with van der Waals surface area (Å²) < 4.78 is 30.2. The number of hydrogen-bond acceptors (Lipinski definition) is 5. The molecule has 2 rings (SSSR count). The zero-order valence-electron chi connectivity index (χ0n) is 14.2. The van der Waals surface area contributed by atoms with E-state index in [9.17, 15) is 18.0 Å². The van der Waals surface area contributed by atoms with Gasteiger partial charge in [0.25, 0.3) is 5.91 Å². The highest BCUT2D eigenvalue weighted by Crippen LogP contribution is 2.30. The van der Waals surface area contributed by atoms with E-state index in [0.717, 1.165) is 5.56 Å². The van der Waals surface area contributed by atoms with E-state index in [1.165, 1.54) is 25.7 Å². The molecule has 1 atom stereocenters. The maximum atomic E-state index is 12.6. The SMILES string of the molecule is CC(=O)OC(C)(C)C(=O)N1CC[C@@H](c2ccccc2)S(=O)(=O)CC1. The Morgan fingerprint density at radius 1 is 1.17 bits per heavy atom. The highest BCUT2D eigenvalue weighted by molar-refractivity contribution is 7.91. The van der Waals surface area contributed by atoms with Crippen LogP contribution in [0.1, 0.15) is 38.0 Å². The second-order valence-corrected chi connectivity index (χ2v) is 8.75. The molecule has 1 fully saturated rings. The molecule has 7 heteroatoms. The first-order chi connectivity index (χ1) is 11.1. The van der Waals surface area contributed by atoms with Gasteiger partial charge in [0.15, 0.2) is 15.4 Å². The van der Waals surface area contributed by atoms with Crippen molar-refractivity contribution < 1.29 is 22.7 Å². The molecule has 1 aliphatic rings. The number of sulfone groups is 1. The molecular formula is C17H23NO5S. The fraction of sp³-hybridized carbons (Fsp3) is 0.529. The predicted octanol–water partition coefficient (Wildman–Crippen LogP) is 1.72. The van der Waals surface area contributed by atoms with Gasteiger partial charge in [-0.25, -0.2) is 8.42 Å². The second kappa shape index (κ2) is 6.93. The normalized spacial score (nSPS) is 21.0. The Balaban J connectivity index is 2.19. The lowest BCUT2D eigenvalue weighted by molar-refractivity contribution is -0.168. The van der Waals surface area contributed by atoms with Gasteiger partial charge in [-0.05, 0) is 25.8 Å². The molecule has 1 heterocycles. The quantitative estimate of drug-likeness (QED) is 0.773. The Kier molecular flexibility index (Phi) is 5.32. The first-order valence-electron chi connectivity index (χ1n) is 7.89. The molecule has 1 aromatic rings. The van der Waals surface area contributed by atoms with Crippen LogP contribution in [0, 0.1) is 0 Å². The lowest BCUT2D eigenvalue weighted by Gasteiger charge is -2.30. The average molecular weight is 353 g/mol. The fourth-order valence-electron chi connectivity index (χ4n) is 2.97. The highest BCUT2D eigenvalue weighted by atomic mass is 32.2. The zero-order chi connectivity index (χ0) is 18.0. The molecule has 1 aromatic carbocycles. The largest absolute Gasteiger partial charge is 0.450 e. The van der Waals surface area contributed by atoms with Crippen LogP contribution in [0.2, 0.25) is 0 Å². The van der Waals surface area contributed by atoms with Crippen LogP contribution >= 0.6 is 0 Å². The van der Waals surface area contributed by atoms with Gasteiger partial charge < -0.3 is 9.64 Å². The Hall–Kier alpha value is -1.89. The average Bonchev–Trinajstić information content (AvgIpc) is 2.64. The van der Waals surface area contributed by atoms with Crippen LogP contribution in [0.15, 0.2) is 30.3 Å². The number of rotatable bonds is 3. The van der Waals surface area contributed by atoms with Gasteiger partial charge in [-0.3, -0.25) is 9.59 Å². The number of carbonyl (C=O) groups excluding carboxylic acids is 2. The molecule has 6 nitrogen and oxygen atoms in total. The number of hydrogen-bond donors (Lipinski definition) is 0. The third kappa shape index (κ3) is 4.14. The minimum atomic E-state index is -3.35. The van der Waals surface area contributed by atoms with Crippen LogP contribution in [0.25, 0.3) is 0 Å². The minimum absolute atomic E-state index is 0.103.